The molecule has 2 atom stereocenters. The lowest BCUT2D eigenvalue weighted by molar-refractivity contribution is 0.122. The monoisotopic (exact) mass is 234 g/mol. The molecule has 1 aromatic heterocycles. The number of ether oxygens (including phenoxy) is 1. The van der Waals surface area contributed by atoms with Crippen molar-refractivity contribution >= 4 is 5.84 Å². The minimum absolute atomic E-state index is 0.0289. The maximum atomic E-state index is 7.46. The van der Waals surface area contributed by atoms with Gasteiger partial charge in [0.2, 0.25) is 5.88 Å². The fourth-order valence-electron chi connectivity index (χ4n) is 2.25. The summed E-state index contributed by atoms with van der Waals surface area (Å²) >= 11 is 0. The second-order valence-corrected chi connectivity index (χ2v) is 4.68. The zero-order valence-corrected chi connectivity index (χ0v) is 10.0. The number of nitrogen functional groups attached to an aromatic ring is 1. The highest BCUT2D eigenvalue weighted by Crippen LogP contribution is 2.27. The van der Waals surface area contributed by atoms with Gasteiger partial charge in [-0.25, -0.2) is 0 Å². The van der Waals surface area contributed by atoms with Crippen LogP contribution in [0.15, 0.2) is 12.3 Å². The molecule has 0 bridgehead atoms. The van der Waals surface area contributed by atoms with Crippen molar-refractivity contribution in [2.24, 2.45) is 11.7 Å². The highest BCUT2D eigenvalue weighted by atomic mass is 16.5. The zero-order valence-electron chi connectivity index (χ0n) is 10.0. The second-order valence-electron chi connectivity index (χ2n) is 4.68. The van der Waals surface area contributed by atoms with Gasteiger partial charge >= 0.3 is 0 Å². The quantitative estimate of drug-likeness (QED) is 0.616. The van der Waals surface area contributed by atoms with Gasteiger partial charge in [-0.15, -0.1) is 5.10 Å². The number of nitrogens with zero attached hydrogens (tertiary/aromatic N) is 2. The predicted molar refractivity (Wildman–Crippen MR) is 65.1 cm³/mol. The van der Waals surface area contributed by atoms with E-state index in [-0.39, 0.29) is 11.9 Å². The third-order valence-corrected chi connectivity index (χ3v) is 3.14. The number of amidine groups is 1. The van der Waals surface area contributed by atoms with E-state index in [1.807, 2.05) is 0 Å². The molecule has 1 aliphatic carbocycles. The van der Waals surface area contributed by atoms with Crippen LogP contribution in [0, 0.1) is 11.3 Å². The van der Waals surface area contributed by atoms with Crippen LogP contribution >= 0.6 is 0 Å². The Morgan fingerprint density at radius 1 is 1.53 bits per heavy atom. The summed E-state index contributed by atoms with van der Waals surface area (Å²) < 4.78 is 5.82. The molecule has 92 valence electrons. The Balaban J connectivity index is 2.10. The van der Waals surface area contributed by atoms with Crippen molar-refractivity contribution in [3.63, 3.8) is 0 Å². The van der Waals surface area contributed by atoms with Gasteiger partial charge in [0.15, 0.2) is 0 Å². The Morgan fingerprint density at radius 2 is 2.35 bits per heavy atom. The van der Waals surface area contributed by atoms with E-state index in [0.29, 0.717) is 17.4 Å². The largest absolute Gasteiger partial charge is 0.473 e. The van der Waals surface area contributed by atoms with Crippen molar-refractivity contribution in [2.45, 2.75) is 38.7 Å². The molecule has 1 heterocycles. The average molecular weight is 234 g/mol. The van der Waals surface area contributed by atoms with Gasteiger partial charge in [-0.1, -0.05) is 13.3 Å². The van der Waals surface area contributed by atoms with Crippen molar-refractivity contribution in [1.82, 2.24) is 10.2 Å². The van der Waals surface area contributed by atoms with Gasteiger partial charge in [-0.3, -0.25) is 5.41 Å². The first kappa shape index (κ1) is 11.8. The van der Waals surface area contributed by atoms with Crippen LogP contribution in [0.25, 0.3) is 0 Å². The van der Waals surface area contributed by atoms with Gasteiger partial charge < -0.3 is 10.5 Å². The Morgan fingerprint density at radius 3 is 3.06 bits per heavy atom. The summed E-state index contributed by atoms with van der Waals surface area (Å²) in [6, 6.07) is 1.66. The summed E-state index contributed by atoms with van der Waals surface area (Å²) in [6.45, 7) is 2.23. The normalized spacial score (nSPS) is 24.3. The lowest BCUT2D eigenvalue weighted by Crippen LogP contribution is -2.26. The summed E-state index contributed by atoms with van der Waals surface area (Å²) in [6.07, 6.45) is 6.22. The van der Waals surface area contributed by atoms with E-state index in [0.717, 1.165) is 12.8 Å². The lowest BCUT2D eigenvalue weighted by Gasteiger charge is -2.27. The van der Waals surface area contributed by atoms with Gasteiger partial charge in [-0.2, -0.15) is 5.10 Å². The summed E-state index contributed by atoms with van der Waals surface area (Å²) in [4.78, 5) is 0. The van der Waals surface area contributed by atoms with Gasteiger partial charge in [-0.05, 0) is 31.2 Å². The minimum Gasteiger partial charge on any atom is -0.473 e. The highest BCUT2D eigenvalue weighted by molar-refractivity contribution is 5.96. The Bertz CT molecular complexity index is 407. The van der Waals surface area contributed by atoms with Crippen LogP contribution in [0.2, 0.25) is 0 Å². The first-order valence-corrected chi connectivity index (χ1v) is 5.99. The van der Waals surface area contributed by atoms with Crippen LogP contribution in [0.4, 0.5) is 0 Å². The fraction of sp³-hybridized carbons (Fsp3) is 0.583. The van der Waals surface area contributed by atoms with Crippen molar-refractivity contribution in [1.29, 1.82) is 5.41 Å². The SMILES string of the molecule is CC1CCCC(Oc2nnccc2C(=N)N)C1. The molecule has 17 heavy (non-hydrogen) atoms. The Hall–Kier alpha value is -1.65. The summed E-state index contributed by atoms with van der Waals surface area (Å²) in [5.74, 6) is 1.05. The summed E-state index contributed by atoms with van der Waals surface area (Å²) in [5.41, 5.74) is 6.01. The molecule has 1 saturated carbocycles. The molecule has 1 fully saturated rings. The van der Waals surface area contributed by atoms with Crippen LogP contribution in [-0.2, 0) is 0 Å². The number of aromatic nitrogens is 2. The van der Waals surface area contributed by atoms with E-state index >= 15 is 0 Å². The van der Waals surface area contributed by atoms with E-state index < -0.39 is 0 Å². The minimum atomic E-state index is -0.0289. The lowest BCUT2D eigenvalue weighted by atomic mass is 9.89. The Kier molecular flexibility index (Phi) is 3.56. The van der Waals surface area contributed by atoms with E-state index in [1.165, 1.54) is 19.0 Å². The number of hydrogen-bond donors (Lipinski definition) is 2. The second kappa shape index (κ2) is 5.12. The van der Waals surface area contributed by atoms with Crippen LogP contribution in [0.5, 0.6) is 5.88 Å². The van der Waals surface area contributed by atoms with E-state index in [2.05, 4.69) is 17.1 Å². The van der Waals surface area contributed by atoms with Gasteiger partial charge in [0.25, 0.3) is 0 Å². The molecule has 0 amide bonds. The van der Waals surface area contributed by atoms with Gasteiger partial charge in [0, 0.05) is 0 Å². The zero-order chi connectivity index (χ0) is 12.3. The van der Waals surface area contributed by atoms with Crippen LogP contribution in [0.3, 0.4) is 0 Å². The third-order valence-electron chi connectivity index (χ3n) is 3.14. The van der Waals surface area contributed by atoms with Crippen molar-refractivity contribution in [3.8, 4) is 5.88 Å². The summed E-state index contributed by atoms with van der Waals surface area (Å²) in [7, 11) is 0. The molecule has 0 aromatic carbocycles. The molecular weight excluding hydrogens is 216 g/mol. The molecule has 0 aliphatic heterocycles. The van der Waals surface area contributed by atoms with Gasteiger partial charge in [0.05, 0.1) is 11.8 Å². The maximum absolute atomic E-state index is 7.46. The molecule has 5 nitrogen and oxygen atoms in total. The molecule has 0 saturated heterocycles. The number of rotatable bonds is 3. The average Bonchev–Trinajstić information content (AvgIpc) is 2.29. The first-order chi connectivity index (χ1) is 8.16. The van der Waals surface area contributed by atoms with Crippen LogP contribution < -0.4 is 10.5 Å². The topological polar surface area (TPSA) is 84.9 Å². The first-order valence-electron chi connectivity index (χ1n) is 5.99. The predicted octanol–water partition coefficient (Wildman–Crippen LogP) is 1.72. The van der Waals surface area contributed by atoms with E-state index in [9.17, 15) is 0 Å². The van der Waals surface area contributed by atoms with E-state index in [1.54, 1.807) is 6.07 Å². The van der Waals surface area contributed by atoms with Crippen molar-refractivity contribution in [2.75, 3.05) is 0 Å². The molecule has 1 aliphatic rings. The molecule has 2 rings (SSSR count). The molecule has 0 spiro atoms. The van der Waals surface area contributed by atoms with Crippen molar-refractivity contribution in [3.05, 3.63) is 17.8 Å². The number of nitrogens with two attached hydrogens (primary N) is 1. The van der Waals surface area contributed by atoms with Crippen molar-refractivity contribution < 1.29 is 4.74 Å². The highest BCUT2D eigenvalue weighted by Gasteiger charge is 2.22. The standard InChI is InChI=1S/C12H18N4O/c1-8-3-2-4-9(7-8)17-12-10(11(13)14)5-6-15-16-12/h5-6,8-9H,2-4,7H2,1H3,(H3,13,14). The number of hydrogen-bond acceptors (Lipinski definition) is 4. The van der Waals surface area contributed by atoms with E-state index in [4.69, 9.17) is 15.9 Å². The molecule has 0 radical (unpaired) electrons. The van der Waals surface area contributed by atoms with Gasteiger partial charge in [0.1, 0.15) is 11.9 Å². The summed E-state index contributed by atoms with van der Waals surface area (Å²) in [5, 5.41) is 15.2. The molecule has 5 heteroatoms. The molecule has 2 unspecified atom stereocenters. The van der Waals surface area contributed by atoms with Crippen LogP contribution in [-0.4, -0.2) is 22.1 Å². The number of nitrogens with one attached hydrogen (secondary N) is 1. The molecule has 3 N–H and O–H groups in total. The molecular formula is C12H18N4O. The third kappa shape index (κ3) is 2.93. The van der Waals surface area contributed by atoms with Crippen LogP contribution in [0.1, 0.15) is 38.2 Å². The maximum Gasteiger partial charge on any atom is 0.244 e. The smallest absolute Gasteiger partial charge is 0.244 e. The Labute approximate surface area is 101 Å². The fourth-order valence-corrected chi connectivity index (χ4v) is 2.25. The molecule has 1 aromatic rings.